The van der Waals surface area contributed by atoms with Crippen molar-refractivity contribution in [1.82, 2.24) is 9.38 Å². The lowest BCUT2D eigenvalue weighted by Crippen LogP contribution is -2.19. The normalized spacial score (nSPS) is 13.3. The third-order valence-electron chi connectivity index (χ3n) is 2.16. The summed E-state index contributed by atoms with van der Waals surface area (Å²) in [5.41, 5.74) is 6.59. The molecule has 0 radical (unpaired) electrons. The van der Waals surface area contributed by atoms with E-state index in [4.69, 9.17) is 5.73 Å². The second-order valence-corrected chi connectivity index (χ2v) is 4.39. The molecule has 80 valence electrons. The van der Waals surface area contributed by atoms with Gasteiger partial charge in [0.1, 0.15) is 16.2 Å². The Morgan fingerprint density at radius 1 is 1.67 bits per heavy atom. The highest BCUT2D eigenvalue weighted by atomic mass is 79.9. The van der Waals surface area contributed by atoms with Crippen LogP contribution in [0.2, 0.25) is 0 Å². The number of nitrogens with zero attached hydrogens (tertiary/aromatic N) is 2. The number of nitrogens with two attached hydrogens (primary N) is 1. The molecule has 15 heavy (non-hydrogen) atoms. The summed E-state index contributed by atoms with van der Waals surface area (Å²) < 4.78 is 2.65. The summed E-state index contributed by atoms with van der Waals surface area (Å²) in [6, 6.07) is 3.37. The van der Waals surface area contributed by atoms with E-state index in [1.807, 2.05) is 11.3 Å². The fraction of sp³-hybridized carbons (Fsp3) is 0.300. The van der Waals surface area contributed by atoms with Gasteiger partial charge >= 0.3 is 0 Å². The van der Waals surface area contributed by atoms with Crippen LogP contribution in [0.25, 0.3) is 5.52 Å². The summed E-state index contributed by atoms with van der Waals surface area (Å²) in [5, 5.41) is 9.36. The van der Waals surface area contributed by atoms with E-state index in [0.29, 0.717) is 6.42 Å². The number of imidazole rings is 1. The quantitative estimate of drug-likeness (QED) is 0.872. The van der Waals surface area contributed by atoms with Crippen LogP contribution >= 0.6 is 15.9 Å². The zero-order chi connectivity index (χ0) is 11.0. The van der Waals surface area contributed by atoms with Gasteiger partial charge in [0.15, 0.2) is 0 Å². The second-order valence-electron chi connectivity index (χ2n) is 3.64. The van der Waals surface area contributed by atoms with Gasteiger partial charge in [-0.2, -0.15) is 0 Å². The molecular weight excluding hydrogens is 258 g/mol. The zero-order valence-corrected chi connectivity index (χ0v) is 9.90. The van der Waals surface area contributed by atoms with Crippen molar-refractivity contribution in [2.75, 3.05) is 0 Å². The van der Waals surface area contributed by atoms with Crippen molar-refractivity contribution in [3.8, 4) is 5.75 Å². The first-order chi connectivity index (χ1) is 7.08. The Morgan fingerprint density at radius 3 is 3.07 bits per heavy atom. The average molecular weight is 270 g/mol. The SMILES string of the molecule is CC(N)Cc1nc(Br)c2cc(O)ccn12. The van der Waals surface area contributed by atoms with Crippen LogP contribution in [-0.2, 0) is 6.42 Å². The van der Waals surface area contributed by atoms with Crippen molar-refractivity contribution in [2.45, 2.75) is 19.4 Å². The molecule has 0 aliphatic carbocycles. The molecule has 2 aromatic heterocycles. The van der Waals surface area contributed by atoms with E-state index in [1.54, 1.807) is 18.3 Å². The van der Waals surface area contributed by atoms with Gasteiger partial charge in [-0.05, 0) is 28.9 Å². The Balaban J connectivity index is 2.57. The lowest BCUT2D eigenvalue weighted by atomic mass is 10.2. The third kappa shape index (κ3) is 1.98. The van der Waals surface area contributed by atoms with Crippen LogP contribution < -0.4 is 5.73 Å². The monoisotopic (exact) mass is 269 g/mol. The molecule has 0 spiro atoms. The minimum Gasteiger partial charge on any atom is -0.508 e. The van der Waals surface area contributed by atoms with Gasteiger partial charge in [-0.15, -0.1) is 0 Å². The molecule has 0 aromatic carbocycles. The van der Waals surface area contributed by atoms with E-state index >= 15 is 0 Å². The van der Waals surface area contributed by atoms with Crippen LogP contribution in [0, 0.1) is 0 Å². The number of hydrogen-bond donors (Lipinski definition) is 2. The maximum absolute atomic E-state index is 9.36. The van der Waals surface area contributed by atoms with Gasteiger partial charge < -0.3 is 15.2 Å². The summed E-state index contributed by atoms with van der Waals surface area (Å²) in [6.45, 7) is 1.94. The van der Waals surface area contributed by atoms with Crippen molar-refractivity contribution < 1.29 is 5.11 Å². The van der Waals surface area contributed by atoms with Crippen LogP contribution in [0.1, 0.15) is 12.7 Å². The number of fused-ring (bicyclic) bond motifs is 1. The summed E-state index contributed by atoms with van der Waals surface area (Å²) in [7, 11) is 0. The minimum atomic E-state index is 0.0660. The molecule has 0 fully saturated rings. The topological polar surface area (TPSA) is 63.5 Å². The van der Waals surface area contributed by atoms with Crippen molar-refractivity contribution in [3.05, 3.63) is 28.8 Å². The molecule has 4 nitrogen and oxygen atoms in total. The molecule has 0 bridgehead atoms. The van der Waals surface area contributed by atoms with E-state index < -0.39 is 0 Å². The zero-order valence-electron chi connectivity index (χ0n) is 8.31. The van der Waals surface area contributed by atoms with Crippen molar-refractivity contribution in [3.63, 3.8) is 0 Å². The number of aromatic hydroxyl groups is 1. The van der Waals surface area contributed by atoms with E-state index in [-0.39, 0.29) is 11.8 Å². The summed E-state index contributed by atoms with van der Waals surface area (Å²) in [4.78, 5) is 4.36. The van der Waals surface area contributed by atoms with Gasteiger partial charge in [-0.3, -0.25) is 0 Å². The second kappa shape index (κ2) is 3.83. The Labute approximate surface area is 95.9 Å². The lowest BCUT2D eigenvalue weighted by Gasteiger charge is -2.03. The molecule has 0 amide bonds. The van der Waals surface area contributed by atoms with Gasteiger partial charge in [0.25, 0.3) is 0 Å². The first-order valence-corrected chi connectivity index (χ1v) is 5.48. The van der Waals surface area contributed by atoms with Gasteiger partial charge in [0.05, 0.1) is 5.52 Å². The highest BCUT2D eigenvalue weighted by Crippen LogP contribution is 2.22. The Bertz CT molecular complexity index is 493. The predicted octanol–water partition coefficient (Wildman–Crippen LogP) is 1.69. The molecule has 2 heterocycles. The van der Waals surface area contributed by atoms with Crippen LogP contribution in [-0.4, -0.2) is 20.5 Å². The molecule has 0 aliphatic rings. The van der Waals surface area contributed by atoms with E-state index in [2.05, 4.69) is 20.9 Å². The summed E-state index contributed by atoms with van der Waals surface area (Å²) in [6.07, 6.45) is 2.50. The van der Waals surface area contributed by atoms with Crippen LogP contribution in [0.4, 0.5) is 0 Å². The first-order valence-electron chi connectivity index (χ1n) is 4.69. The standard InChI is InChI=1S/C10H12BrN3O/c1-6(12)4-9-13-10(11)8-5-7(15)2-3-14(8)9/h2-3,5-6,15H,4,12H2,1H3. The smallest absolute Gasteiger partial charge is 0.132 e. The molecule has 0 saturated carbocycles. The number of pyridine rings is 1. The molecule has 3 N–H and O–H groups in total. The fourth-order valence-corrected chi connectivity index (χ4v) is 2.04. The average Bonchev–Trinajstić information content (AvgIpc) is 2.42. The van der Waals surface area contributed by atoms with E-state index in [0.717, 1.165) is 15.9 Å². The van der Waals surface area contributed by atoms with E-state index in [1.165, 1.54) is 0 Å². The maximum Gasteiger partial charge on any atom is 0.132 e. The highest BCUT2D eigenvalue weighted by Gasteiger charge is 2.10. The fourth-order valence-electron chi connectivity index (χ4n) is 1.53. The predicted molar refractivity (Wildman–Crippen MR) is 61.9 cm³/mol. The van der Waals surface area contributed by atoms with Crippen molar-refractivity contribution >= 4 is 21.4 Å². The van der Waals surface area contributed by atoms with Gasteiger partial charge in [-0.1, -0.05) is 0 Å². The van der Waals surface area contributed by atoms with Crippen LogP contribution in [0.15, 0.2) is 22.9 Å². The minimum absolute atomic E-state index is 0.0660. The van der Waals surface area contributed by atoms with Gasteiger partial charge in [0, 0.05) is 24.7 Å². The molecule has 2 aromatic rings. The summed E-state index contributed by atoms with van der Waals surface area (Å²) in [5.74, 6) is 1.13. The largest absolute Gasteiger partial charge is 0.508 e. The Kier molecular flexibility index (Phi) is 2.67. The number of halogens is 1. The van der Waals surface area contributed by atoms with Crippen molar-refractivity contribution in [1.29, 1.82) is 0 Å². The number of hydrogen-bond acceptors (Lipinski definition) is 3. The Hall–Kier alpha value is -1.07. The van der Waals surface area contributed by atoms with Crippen molar-refractivity contribution in [2.24, 2.45) is 5.73 Å². The first kappa shape index (κ1) is 10.4. The van der Waals surface area contributed by atoms with Crippen LogP contribution in [0.5, 0.6) is 5.75 Å². The molecule has 1 atom stereocenters. The lowest BCUT2D eigenvalue weighted by molar-refractivity contribution is 0.475. The molecular formula is C10H12BrN3O. The molecule has 0 saturated heterocycles. The third-order valence-corrected chi connectivity index (χ3v) is 2.74. The van der Waals surface area contributed by atoms with Gasteiger partial charge in [-0.25, -0.2) is 4.98 Å². The molecule has 5 heteroatoms. The van der Waals surface area contributed by atoms with E-state index in [9.17, 15) is 5.11 Å². The number of aromatic nitrogens is 2. The van der Waals surface area contributed by atoms with Gasteiger partial charge in [0.2, 0.25) is 0 Å². The number of rotatable bonds is 2. The molecule has 1 unspecified atom stereocenters. The summed E-state index contributed by atoms with van der Waals surface area (Å²) >= 11 is 3.36. The highest BCUT2D eigenvalue weighted by molar-refractivity contribution is 9.10. The molecule has 0 aliphatic heterocycles. The van der Waals surface area contributed by atoms with Crippen LogP contribution in [0.3, 0.4) is 0 Å². The maximum atomic E-state index is 9.36. The Morgan fingerprint density at radius 2 is 2.40 bits per heavy atom. The molecule has 2 rings (SSSR count).